The minimum atomic E-state index is -0.0709. The highest BCUT2D eigenvalue weighted by atomic mass is 32.1. The number of anilines is 1. The predicted molar refractivity (Wildman–Crippen MR) is 70.5 cm³/mol. The lowest BCUT2D eigenvalue weighted by molar-refractivity contribution is 0.715. The maximum Gasteiger partial charge on any atom is 0.293 e. The van der Waals surface area contributed by atoms with E-state index in [4.69, 9.17) is 0 Å². The van der Waals surface area contributed by atoms with Crippen molar-refractivity contribution in [1.29, 1.82) is 0 Å². The maximum atomic E-state index is 11.9. The molecule has 0 aromatic carbocycles. The Hall–Kier alpha value is -1.62. The van der Waals surface area contributed by atoms with E-state index in [9.17, 15) is 4.79 Å². The maximum absolute atomic E-state index is 11.9. The molecule has 0 spiro atoms. The van der Waals surface area contributed by atoms with Crippen LogP contribution in [0.4, 0.5) is 5.82 Å². The van der Waals surface area contributed by atoms with Crippen LogP contribution >= 0.6 is 11.3 Å². The van der Waals surface area contributed by atoms with Crippen LogP contribution in [0.5, 0.6) is 0 Å². The van der Waals surface area contributed by atoms with Gasteiger partial charge in [0.15, 0.2) is 5.82 Å². The molecule has 0 fully saturated rings. The van der Waals surface area contributed by atoms with Crippen LogP contribution in [0.1, 0.15) is 24.8 Å². The second-order valence-corrected chi connectivity index (χ2v) is 4.73. The molecule has 1 N–H and O–H groups in total. The second-order valence-electron chi connectivity index (χ2n) is 3.75. The molecular weight excluding hydrogens is 234 g/mol. The van der Waals surface area contributed by atoms with Gasteiger partial charge in [-0.2, -0.15) is 0 Å². The SMILES string of the molecule is CCn1ccnc(NC(C)c2cccs2)c1=O. The molecule has 2 rings (SSSR count). The fourth-order valence-electron chi connectivity index (χ4n) is 1.61. The first-order chi connectivity index (χ1) is 8.22. The van der Waals surface area contributed by atoms with Crippen molar-refractivity contribution in [2.24, 2.45) is 0 Å². The number of nitrogens with one attached hydrogen (secondary N) is 1. The molecule has 2 heterocycles. The molecule has 0 aliphatic carbocycles. The van der Waals surface area contributed by atoms with E-state index in [-0.39, 0.29) is 11.6 Å². The van der Waals surface area contributed by atoms with E-state index in [0.29, 0.717) is 12.4 Å². The first-order valence-electron chi connectivity index (χ1n) is 5.57. The van der Waals surface area contributed by atoms with Gasteiger partial charge in [0.05, 0.1) is 6.04 Å². The van der Waals surface area contributed by atoms with Crippen molar-refractivity contribution < 1.29 is 0 Å². The van der Waals surface area contributed by atoms with Gasteiger partial charge in [-0.25, -0.2) is 4.98 Å². The number of aryl methyl sites for hydroxylation is 1. The molecular formula is C12H15N3OS. The molecule has 1 atom stereocenters. The molecule has 0 saturated carbocycles. The summed E-state index contributed by atoms with van der Waals surface area (Å²) in [6.07, 6.45) is 3.34. The van der Waals surface area contributed by atoms with Crippen LogP contribution in [0, 0.1) is 0 Å². The van der Waals surface area contributed by atoms with Crippen molar-refractivity contribution in [3.8, 4) is 0 Å². The number of aromatic nitrogens is 2. The van der Waals surface area contributed by atoms with Gasteiger partial charge >= 0.3 is 0 Å². The summed E-state index contributed by atoms with van der Waals surface area (Å²) in [6.45, 7) is 4.62. The Morgan fingerprint density at radius 3 is 3.06 bits per heavy atom. The summed E-state index contributed by atoms with van der Waals surface area (Å²) >= 11 is 1.67. The van der Waals surface area contributed by atoms with E-state index in [2.05, 4.69) is 10.3 Å². The van der Waals surface area contributed by atoms with Gasteiger partial charge in [-0.15, -0.1) is 11.3 Å². The minimum Gasteiger partial charge on any atom is -0.358 e. The van der Waals surface area contributed by atoms with E-state index in [1.165, 1.54) is 4.88 Å². The van der Waals surface area contributed by atoms with Gasteiger partial charge < -0.3 is 9.88 Å². The predicted octanol–water partition coefficient (Wildman–Crippen LogP) is 2.50. The van der Waals surface area contributed by atoms with Crippen molar-refractivity contribution in [1.82, 2.24) is 9.55 Å². The third kappa shape index (κ3) is 2.55. The van der Waals surface area contributed by atoms with Crippen LogP contribution in [0.15, 0.2) is 34.7 Å². The summed E-state index contributed by atoms with van der Waals surface area (Å²) in [5, 5.41) is 5.18. The average molecular weight is 249 g/mol. The first-order valence-corrected chi connectivity index (χ1v) is 6.45. The van der Waals surface area contributed by atoms with Gasteiger partial charge in [-0.3, -0.25) is 4.79 Å². The number of hydrogen-bond acceptors (Lipinski definition) is 4. The topological polar surface area (TPSA) is 46.9 Å². The van der Waals surface area contributed by atoms with Gasteiger partial charge in [0.1, 0.15) is 0 Å². The Labute approximate surface area is 104 Å². The molecule has 2 aromatic rings. The van der Waals surface area contributed by atoms with E-state index >= 15 is 0 Å². The lowest BCUT2D eigenvalue weighted by atomic mass is 10.3. The first kappa shape index (κ1) is 11.9. The van der Waals surface area contributed by atoms with Crippen molar-refractivity contribution in [3.63, 3.8) is 0 Å². The van der Waals surface area contributed by atoms with E-state index in [0.717, 1.165) is 0 Å². The zero-order valence-corrected chi connectivity index (χ0v) is 10.7. The molecule has 0 amide bonds. The summed E-state index contributed by atoms with van der Waals surface area (Å²) in [6, 6.07) is 4.15. The van der Waals surface area contributed by atoms with Crippen LogP contribution in [-0.4, -0.2) is 9.55 Å². The molecule has 0 aliphatic rings. The Bertz CT molecular complexity index is 533. The lowest BCUT2D eigenvalue weighted by Crippen LogP contribution is -2.24. The van der Waals surface area contributed by atoms with Crippen molar-refractivity contribution in [2.45, 2.75) is 26.4 Å². The average Bonchev–Trinajstić information content (AvgIpc) is 2.85. The fourth-order valence-corrected chi connectivity index (χ4v) is 2.34. The number of thiophene rings is 1. The molecule has 0 aliphatic heterocycles. The van der Waals surface area contributed by atoms with Gasteiger partial charge in [-0.1, -0.05) is 6.07 Å². The van der Waals surface area contributed by atoms with E-state index < -0.39 is 0 Å². The summed E-state index contributed by atoms with van der Waals surface area (Å²) in [4.78, 5) is 17.2. The Morgan fingerprint density at radius 2 is 2.41 bits per heavy atom. The summed E-state index contributed by atoms with van der Waals surface area (Å²) in [7, 11) is 0. The van der Waals surface area contributed by atoms with Crippen molar-refractivity contribution in [2.75, 3.05) is 5.32 Å². The van der Waals surface area contributed by atoms with Gasteiger partial charge in [0, 0.05) is 23.8 Å². The van der Waals surface area contributed by atoms with E-state index in [1.807, 2.05) is 31.4 Å². The number of rotatable bonds is 4. The lowest BCUT2D eigenvalue weighted by Gasteiger charge is -2.13. The van der Waals surface area contributed by atoms with Crippen LogP contribution in [0.2, 0.25) is 0 Å². The molecule has 5 heteroatoms. The zero-order chi connectivity index (χ0) is 12.3. The Morgan fingerprint density at radius 1 is 1.59 bits per heavy atom. The molecule has 17 heavy (non-hydrogen) atoms. The van der Waals surface area contributed by atoms with Gasteiger partial charge in [-0.05, 0) is 25.3 Å². The van der Waals surface area contributed by atoms with Gasteiger partial charge in [0.25, 0.3) is 5.56 Å². The van der Waals surface area contributed by atoms with E-state index in [1.54, 1.807) is 28.3 Å². The van der Waals surface area contributed by atoms with Crippen LogP contribution < -0.4 is 10.9 Å². The minimum absolute atomic E-state index is 0.0709. The monoisotopic (exact) mass is 249 g/mol. The molecule has 0 radical (unpaired) electrons. The number of hydrogen-bond donors (Lipinski definition) is 1. The number of nitrogens with zero attached hydrogens (tertiary/aromatic N) is 2. The highest BCUT2D eigenvalue weighted by Gasteiger charge is 2.10. The normalized spacial score (nSPS) is 12.4. The highest BCUT2D eigenvalue weighted by molar-refractivity contribution is 7.10. The smallest absolute Gasteiger partial charge is 0.293 e. The Balaban J connectivity index is 2.22. The summed E-state index contributed by atoms with van der Waals surface area (Å²) in [5.41, 5.74) is -0.0709. The largest absolute Gasteiger partial charge is 0.358 e. The van der Waals surface area contributed by atoms with Crippen molar-refractivity contribution >= 4 is 17.2 Å². The third-order valence-corrected chi connectivity index (χ3v) is 3.63. The summed E-state index contributed by atoms with van der Waals surface area (Å²) in [5.74, 6) is 0.412. The molecule has 0 bridgehead atoms. The third-order valence-electron chi connectivity index (χ3n) is 2.58. The molecule has 4 nitrogen and oxygen atoms in total. The van der Waals surface area contributed by atoms with Crippen LogP contribution in [0.25, 0.3) is 0 Å². The van der Waals surface area contributed by atoms with Crippen LogP contribution in [-0.2, 0) is 6.54 Å². The molecule has 2 aromatic heterocycles. The molecule has 0 saturated heterocycles. The molecule has 1 unspecified atom stereocenters. The quantitative estimate of drug-likeness (QED) is 0.905. The second kappa shape index (κ2) is 5.14. The van der Waals surface area contributed by atoms with Crippen molar-refractivity contribution in [3.05, 3.63) is 45.1 Å². The van der Waals surface area contributed by atoms with Crippen LogP contribution in [0.3, 0.4) is 0 Å². The molecule has 90 valence electrons. The summed E-state index contributed by atoms with van der Waals surface area (Å²) < 4.78 is 1.64. The zero-order valence-electron chi connectivity index (χ0n) is 9.88. The highest BCUT2D eigenvalue weighted by Crippen LogP contribution is 2.20. The standard InChI is InChI=1S/C12H15N3OS/c1-3-15-7-6-13-11(12(15)16)14-9(2)10-5-4-8-17-10/h4-9H,3H2,1-2H3,(H,13,14). The van der Waals surface area contributed by atoms with Gasteiger partial charge in [0.2, 0.25) is 0 Å². The Kier molecular flexibility index (Phi) is 3.58. The fraction of sp³-hybridized carbons (Fsp3) is 0.333.